The number of hydrogen-bond donors (Lipinski definition) is 1. The van der Waals surface area contributed by atoms with Crippen LogP contribution in [0.15, 0.2) is 19.8 Å². The summed E-state index contributed by atoms with van der Waals surface area (Å²) in [5.74, 6) is 1.23. The first-order valence-corrected chi connectivity index (χ1v) is 6.69. The summed E-state index contributed by atoms with van der Waals surface area (Å²) in [5, 5.41) is 5.89. The van der Waals surface area contributed by atoms with Crippen molar-refractivity contribution in [2.75, 3.05) is 0 Å². The van der Waals surface area contributed by atoms with Gasteiger partial charge in [-0.05, 0) is 28.4 Å². The minimum atomic E-state index is 0.0969. The highest BCUT2D eigenvalue weighted by Crippen LogP contribution is 2.27. The first-order valence-electron chi connectivity index (χ1n) is 5.01. The predicted octanol–water partition coefficient (Wildman–Crippen LogP) is 2.84. The Labute approximate surface area is 106 Å². The summed E-state index contributed by atoms with van der Waals surface area (Å²) in [4.78, 5) is 4.31. The second kappa shape index (κ2) is 5.07. The van der Waals surface area contributed by atoms with Gasteiger partial charge in [0.05, 0.1) is 9.35 Å². The molecule has 0 aliphatic carbocycles. The van der Waals surface area contributed by atoms with Crippen LogP contribution >= 0.6 is 27.3 Å². The summed E-state index contributed by atoms with van der Waals surface area (Å²) < 4.78 is 6.23. The van der Waals surface area contributed by atoms with Crippen LogP contribution < -0.4 is 5.73 Å². The molecule has 0 aromatic carbocycles. The van der Waals surface area contributed by atoms with E-state index >= 15 is 0 Å². The van der Waals surface area contributed by atoms with Gasteiger partial charge in [-0.25, -0.2) is 0 Å². The first kappa shape index (κ1) is 11.8. The van der Waals surface area contributed by atoms with E-state index < -0.39 is 0 Å². The molecule has 2 aromatic rings. The molecule has 2 aromatic heterocycles. The molecular weight excluding hydrogens is 290 g/mol. The summed E-state index contributed by atoms with van der Waals surface area (Å²) in [6, 6.07) is 2.06. The number of thiophene rings is 1. The molecule has 2 heterocycles. The highest BCUT2D eigenvalue weighted by molar-refractivity contribution is 9.11. The number of aromatic nitrogens is 2. The third-order valence-electron chi connectivity index (χ3n) is 2.25. The lowest BCUT2D eigenvalue weighted by molar-refractivity contribution is 0.419. The Hall–Kier alpha value is -0.720. The van der Waals surface area contributed by atoms with Gasteiger partial charge in [0.2, 0.25) is 0 Å². The molecule has 0 radical (unpaired) electrons. The molecule has 0 bridgehead atoms. The number of rotatable bonds is 4. The molecule has 0 aliphatic heterocycles. The minimum absolute atomic E-state index is 0.0969. The van der Waals surface area contributed by atoms with Crippen LogP contribution in [-0.2, 0) is 6.42 Å². The van der Waals surface area contributed by atoms with Gasteiger partial charge in [0.1, 0.15) is 0 Å². The number of halogens is 1. The zero-order valence-corrected chi connectivity index (χ0v) is 11.2. The summed E-state index contributed by atoms with van der Waals surface area (Å²) >= 11 is 4.99. The molecule has 2 rings (SSSR count). The third kappa shape index (κ3) is 2.69. The Morgan fingerprint density at radius 1 is 1.62 bits per heavy atom. The lowest BCUT2D eigenvalue weighted by Crippen LogP contribution is -2.21. The van der Waals surface area contributed by atoms with Gasteiger partial charge in [0, 0.05) is 17.8 Å². The molecular formula is C10H12BrN3OS. The fourth-order valence-corrected chi connectivity index (χ4v) is 2.39. The zero-order valence-electron chi connectivity index (χ0n) is 8.81. The van der Waals surface area contributed by atoms with Crippen LogP contribution in [0.5, 0.6) is 0 Å². The van der Waals surface area contributed by atoms with Crippen LogP contribution in [-0.4, -0.2) is 16.2 Å². The first-order chi connectivity index (χ1) is 7.69. The molecule has 1 atom stereocenters. The molecule has 86 valence electrons. The SMILES string of the molecule is CCC(N)Cc1noc(-c2csc(Br)c2)n1. The van der Waals surface area contributed by atoms with Crippen molar-refractivity contribution in [2.45, 2.75) is 25.8 Å². The highest BCUT2D eigenvalue weighted by Gasteiger charge is 2.12. The van der Waals surface area contributed by atoms with Crippen molar-refractivity contribution in [3.63, 3.8) is 0 Å². The molecule has 2 N–H and O–H groups in total. The Balaban J connectivity index is 2.13. The standard InChI is InChI=1S/C10H12BrN3OS/c1-2-7(12)4-9-13-10(15-14-9)6-3-8(11)16-5-6/h3,5,7H,2,4,12H2,1H3. The largest absolute Gasteiger partial charge is 0.334 e. The third-order valence-corrected chi connectivity index (χ3v) is 3.76. The fourth-order valence-electron chi connectivity index (χ4n) is 1.26. The predicted molar refractivity (Wildman–Crippen MR) is 67.3 cm³/mol. The van der Waals surface area contributed by atoms with E-state index in [2.05, 4.69) is 26.1 Å². The van der Waals surface area contributed by atoms with Crippen molar-refractivity contribution in [3.05, 3.63) is 21.1 Å². The number of nitrogens with two attached hydrogens (primary N) is 1. The Bertz CT molecular complexity index is 468. The minimum Gasteiger partial charge on any atom is -0.334 e. The van der Waals surface area contributed by atoms with Crippen LogP contribution in [0, 0.1) is 0 Å². The fraction of sp³-hybridized carbons (Fsp3) is 0.400. The van der Waals surface area contributed by atoms with Crippen molar-refractivity contribution in [1.29, 1.82) is 0 Å². The lowest BCUT2D eigenvalue weighted by atomic mass is 10.2. The van der Waals surface area contributed by atoms with Crippen molar-refractivity contribution >= 4 is 27.3 Å². The molecule has 4 nitrogen and oxygen atoms in total. The maximum Gasteiger partial charge on any atom is 0.258 e. The summed E-state index contributed by atoms with van der Waals surface area (Å²) in [6.45, 7) is 2.04. The van der Waals surface area contributed by atoms with Gasteiger partial charge in [-0.3, -0.25) is 0 Å². The average molecular weight is 302 g/mol. The van der Waals surface area contributed by atoms with E-state index in [4.69, 9.17) is 10.3 Å². The van der Waals surface area contributed by atoms with Crippen LogP contribution in [0.4, 0.5) is 0 Å². The van der Waals surface area contributed by atoms with Crippen LogP contribution in [0.25, 0.3) is 11.5 Å². The van der Waals surface area contributed by atoms with Crippen molar-refractivity contribution < 1.29 is 4.52 Å². The maximum absolute atomic E-state index is 5.83. The van der Waals surface area contributed by atoms with Gasteiger partial charge in [-0.2, -0.15) is 4.98 Å². The zero-order chi connectivity index (χ0) is 11.5. The van der Waals surface area contributed by atoms with Gasteiger partial charge >= 0.3 is 0 Å². The Morgan fingerprint density at radius 2 is 2.44 bits per heavy atom. The van der Waals surface area contributed by atoms with E-state index in [0.717, 1.165) is 15.8 Å². The summed E-state index contributed by atoms with van der Waals surface area (Å²) in [7, 11) is 0. The van der Waals surface area contributed by atoms with E-state index in [1.165, 1.54) is 0 Å². The number of nitrogens with zero attached hydrogens (tertiary/aromatic N) is 2. The van der Waals surface area contributed by atoms with E-state index in [0.29, 0.717) is 18.1 Å². The van der Waals surface area contributed by atoms with Crippen LogP contribution in [0.2, 0.25) is 0 Å². The smallest absolute Gasteiger partial charge is 0.258 e. The van der Waals surface area contributed by atoms with Crippen LogP contribution in [0.1, 0.15) is 19.2 Å². The average Bonchev–Trinajstić information content (AvgIpc) is 2.87. The van der Waals surface area contributed by atoms with E-state index in [1.54, 1.807) is 11.3 Å². The monoisotopic (exact) mass is 301 g/mol. The molecule has 16 heavy (non-hydrogen) atoms. The van der Waals surface area contributed by atoms with Gasteiger partial charge in [0.25, 0.3) is 5.89 Å². The normalized spacial score (nSPS) is 12.9. The lowest BCUT2D eigenvalue weighted by Gasteiger charge is -2.02. The molecule has 1 unspecified atom stereocenters. The highest BCUT2D eigenvalue weighted by atomic mass is 79.9. The quantitative estimate of drug-likeness (QED) is 0.943. The molecule has 6 heteroatoms. The van der Waals surface area contributed by atoms with Crippen molar-refractivity contribution in [1.82, 2.24) is 10.1 Å². The van der Waals surface area contributed by atoms with Gasteiger partial charge in [0.15, 0.2) is 5.82 Å². The maximum atomic E-state index is 5.83. The number of hydrogen-bond acceptors (Lipinski definition) is 5. The molecule has 0 aliphatic rings. The second-order valence-electron chi connectivity index (χ2n) is 3.53. The van der Waals surface area contributed by atoms with Crippen molar-refractivity contribution in [3.8, 4) is 11.5 Å². The Morgan fingerprint density at radius 3 is 3.06 bits per heavy atom. The second-order valence-corrected chi connectivity index (χ2v) is 5.82. The van der Waals surface area contributed by atoms with E-state index in [9.17, 15) is 0 Å². The van der Waals surface area contributed by atoms with Crippen LogP contribution in [0.3, 0.4) is 0 Å². The summed E-state index contributed by atoms with van der Waals surface area (Å²) in [5.41, 5.74) is 6.78. The molecule has 0 amide bonds. The topological polar surface area (TPSA) is 64.9 Å². The summed E-state index contributed by atoms with van der Waals surface area (Å²) in [6.07, 6.45) is 1.57. The molecule has 0 saturated carbocycles. The van der Waals surface area contributed by atoms with Gasteiger partial charge < -0.3 is 10.3 Å². The molecule has 0 fully saturated rings. The van der Waals surface area contributed by atoms with Gasteiger partial charge in [-0.1, -0.05) is 12.1 Å². The van der Waals surface area contributed by atoms with E-state index in [1.807, 2.05) is 18.4 Å². The van der Waals surface area contributed by atoms with Gasteiger partial charge in [-0.15, -0.1) is 11.3 Å². The van der Waals surface area contributed by atoms with E-state index in [-0.39, 0.29) is 6.04 Å². The van der Waals surface area contributed by atoms with Crippen molar-refractivity contribution in [2.24, 2.45) is 5.73 Å². The Kier molecular flexibility index (Phi) is 3.73. The molecule has 0 saturated heterocycles. The molecule has 0 spiro atoms.